The molecule has 2 N–H and O–H groups in total. The third-order valence-electron chi connectivity index (χ3n) is 5.44. The number of nitrogens with two attached hydrogens (primary N) is 1. The molecule has 1 aromatic carbocycles. The van der Waals surface area contributed by atoms with Crippen LogP contribution in [0.5, 0.6) is 5.88 Å². The Labute approximate surface area is 178 Å². The molecule has 2 aromatic rings. The first-order chi connectivity index (χ1) is 14.7. The quantitative estimate of drug-likeness (QED) is 0.540. The normalized spacial score (nSPS) is 19.4. The van der Waals surface area contributed by atoms with Gasteiger partial charge in [-0.25, -0.2) is 4.98 Å². The second kappa shape index (κ2) is 10.1. The van der Waals surface area contributed by atoms with Gasteiger partial charge < -0.3 is 24.7 Å². The summed E-state index contributed by atoms with van der Waals surface area (Å²) >= 11 is 0. The topological polar surface area (TPSA) is 75.8 Å². The lowest BCUT2D eigenvalue weighted by Crippen LogP contribution is -2.24. The Morgan fingerprint density at radius 3 is 2.87 bits per heavy atom. The molecule has 6 heteroatoms. The van der Waals surface area contributed by atoms with Gasteiger partial charge in [0.1, 0.15) is 6.61 Å². The second-order valence-electron chi connectivity index (χ2n) is 7.72. The zero-order valence-electron chi connectivity index (χ0n) is 17.6. The van der Waals surface area contributed by atoms with E-state index in [4.69, 9.17) is 29.7 Å². The fourth-order valence-corrected chi connectivity index (χ4v) is 3.78. The Hall–Kier alpha value is -2.41. The molecule has 6 nitrogen and oxygen atoms in total. The van der Waals surface area contributed by atoms with Crippen molar-refractivity contribution < 1.29 is 18.9 Å². The summed E-state index contributed by atoms with van der Waals surface area (Å²) in [5.74, 6) is 0.588. The van der Waals surface area contributed by atoms with Crippen LogP contribution in [-0.2, 0) is 14.2 Å². The number of hydrogen-bond donors (Lipinski definition) is 1. The Morgan fingerprint density at radius 2 is 2.07 bits per heavy atom. The van der Waals surface area contributed by atoms with Crippen LogP contribution in [0.1, 0.15) is 36.9 Å². The number of nitrogens with zero attached hydrogens (tertiary/aromatic N) is 1. The predicted octanol–water partition coefficient (Wildman–Crippen LogP) is 4.36. The van der Waals surface area contributed by atoms with Crippen LogP contribution in [-0.4, -0.2) is 44.3 Å². The van der Waals surface area contributed by atoms with Gasteiger partial charge in [-0.2, -0.15) is 0 Å². The van der Waals surface area contributed by atoms with E-state index >= 15 is 0 Å². The number of aromatic nitrogens is 1. The van der Waals surface area contributed by atoms with Crippen molar-refractivity contribution in [1.29, 1.82) is 0 Å². The van der Waals surface area contributed by atoms with Crippen molar-refractivity contribution in [2.75, 3.05) is 38.8 Å². The van der Waals surface area contributed by atoms with Crippen LogP contribution in [0.15, 0.2) is 36.4 Å². The minimum absolute atomic E-state index is 0.112. The van der Waals surface area contributed by atoms with E-state index in [9.17, 15) is 0 Å². The number of nitrogen functional groups attached to an aromatic ring is 1. The van der Waals surface area contributed by atoms with E-state index in [1.807, 2.05) is 24.3 Å². The highest BCUT2D eigenvalue weighted by atomic mass is 16.7. The molecule has 0 aliphatic carbocycles. The molecule has 1 atom stereocenters. The zero-order valence-corrected chi connectivity index (χ0v) is 17.6. The fourth-order valence-electron chi connectivity index (χ4n) is 3.78. The lowest BCUT2D eigenvalue weighted by molar-refractivity contribution is -0.165. The van der Waals surface area contributed by atoms with Gasteiger partial charge in [0, 0.05) is 18.4 Å². The van der Waals surface area contributed by atoms with Crippen LogP contribution in [0.3, 0.4) is 0 Å². The van der Waals surface area contributed by atoms with Gasteiger partial charge in [-0.1, -0.05) is 12.1 Å². The summed E-state index contributed by atoms with van der Waals surface area (Å²) in [5.41, 5.74) is 12.2. The molecule has 4 rings (SSSR count). The monoisotopic (exact) mass is 410 g/mol. The van der Waals surface area contributed by atoms with Gasteiger partial charge in [0.15, 0.2) is 6.29 Å². The summed E-state index contributed by atoms with van der Waals surface area (Å²) < 4.78 is 22.8. The molecule has 2 aliphatic rings. The lowest BCUT2D eigenvalue weighted by atomic mass is 9.97. The summed E-state index contributed by atoms with van der Waals surface area (Å²) in [6.45, 7) is 5.08. The van der Waals surface area contributed by atoms with Crippen LogP contribution >= 0.6 is 0 Å². The van der Waals surface area contributed by atoms with Gasteiger partial charge in [-0.15, -0.1) is 0 Å². The van der Waals surface area contributed by atoms with Crippen LogP contribution in [0, 0.1) is 6.92 Å². The van der Waals surface area contributed by atoms with Crippen molar-refractivity contribution in [2.45, 2.75) is 38.9 Å². The van der Waals surface area contributed by atoms with E-state index in [2.05, 4.69) is 19.1 Å². The van der Waals surface area contributed by atoms with Gasteiger partial charge in [-0.05, 0) is 73.1 Å². The average molecular weight is 411 g/mol. The summed E-state index contributed by atoms with van der Waals surface area (Å²) in [5, 5.41) is 0. The molecular weight excluding hydrogens is 380 g/mol. The summed E-state index contributed by atoms with van der Waals surface area (Å²) in [6, 6.07) is 10.0. The summed E-state index contributed by atoms with van der Waals surface area (Å²) in [6.07, 6.45) is 6.03. The molecule has 2 aliphatic heterocycles. The second-order valence-corrected chi connectivity index (χ2v) is 7.72. The first-order valence-electron chi connectivity index (χ1n) is 10.7. The molecule has 1 saturated heterocycles. The molecule has 1 unspecified atom stereocenters. The molecule has 1 fully saturated rings. The number of rotatable bonds is 7. The van der Waals surface area contributed by atoms with Crippen molar-refractivity contribution in [3.63, 3.8) is 0 Å². The maximum absolute atomic E-state index is 6.05. The Kier molecular flexibility index (Phi) is 7.00. The van der Waals surface area contributed by atoms with E-state index in [0.29, 0.717) is 32.3 Å². The SMILES string of the molecule is Cc1ccc(N)cc1-c1cc(OCCOC2CCCCO2)nc(C2=CCOCC2)c1. The summed E-state index contributed by atoms with van der Waals surface area (Å²) in [4.78, 5) is 4.75. The number of anilines is 1. The Morgan fingerprint density at radius 1 is 1.13 bits per heavy atom. The highest BCUT2D eigenvalue weighted by molar-refractivity contribution is 5.75. The standard InChI is InChI=1S/C24H30N2O4/c1-17-5-6-20(25)16-21(17)19-14-22(18-7-10-27-11-8-18)26-23(15-19)28-12-13-30-24-4-2-3-9-29-24/h5-7,14-16,24H,2-4,8-13,25H2,1H3. The van der Waals surface area contributed by atoms with Gasteiger partial charge in [-0.3, -0.25) is 0 Å². The van der Waals surface area contributed by atoms with Crippen molar-refractivity contribution in [2.24, 2.45) is 0 Å². The number of hydrogen-bond acceptors (Lipinski definition) is 6. The summed E-state index contributed by atoms with van der Waals surface area (Å²) in [7, 11) is 0. The van der Waals surface area contributed by atoms with Crippen molar-refractivity contribution in [3.8, 4) is 17.0 Å². The number of pyridine rings is 1. The Balaban J connectivity index is 1.52. The van der Waals surface area contributed by atoms with Gasteiger partial charge in [0.25, 0.3) is 0 Å². The smallest absolute Gasteiger partial charge is 0.214 e. The van der Waals surface area contributed by atoms with Crippen molar-refractivity contribution in [3.05, 3.63) is 47.7 Å². The van der Waals surface area contributed by atoms with Crippen LogP contribution in [0.4, 0.5) is 5.69 Å². The third kappa shape index (κ3) is 5.39. The van der Waals surface area contributed by atoms with Crippen molar-refractivity contribution >= 4 is 11.3 Å². The van der Waals surface area contributed by atoms with E-state index < -0.39 is 0 Å². The molecule has 0 spiro atoms. The van der Waals surface area contributed by atoms with E-state index in [-0.39, 0.29) is 6.29 Å². The van der Waals surface area contributed by atoms with Crippen molar-refractivity contribution in [1.82, 2.24) is 4.98 Å². The largest absolute Gasteiger partial charge is 0.475 e. The molecule has 0 radical (unpaired) electrons. The number of aryl methyl sites for hydroxylation is 1. The van der Waals surface area contributed by atoms with Gasteiger partial charge in [0.05, 0.1) is 25.5 Å². The predicted molar refractivity (Wildman–Crippen MR) is 117 cm³/mol. The van der Waals surface area contributed by atoms with E-state index in [1.165, 1.54) is 5.57 Å². The minimum Gasteiger partial charge on any atom is -0.475 e. The van der Waals surface area contributed by atoms with E-state index in [0.717, 1.165) is 60.4 Å². The van der Waals surface area contributed by atoms with E-state index in [1.54, 1.807) is 0 Å². The van der Waals surface area contributed by atoms with Crippen LogP contribution in [0.25, 0.3) is 16.7 Å². The van der Waals surface area contributed by atoms with Gasteiger partial charge in [0.2, 0.25) is 5.88 Å². The zero-order chi connectivity index (χ0) is 20.8. The highest BCUT2D eigenvalue weighted by Gasteiger charge is 2.15. The molecule has 0 saturated carbocycles. The minimum atomic E-state index is -0.112. The molecule has 30 heavy (non-hydrogen) atoms. The van der Waals surface area contributed by atoms with Crippen LogP contribution < -0.4 is 10.5 Å². The molecule has 0 amide bonds. The Bertz CT molecular complexity index is 891. The fraction of sp³-hybridized carbons (Fsp3) is 0.458. The maximum atomic E-state index is 6.05. The lowest BCUT2D eigenvalue weighted by Gasteiger charge is -2.22. The average Bonchev–Trinajstić information content (AvgIpc) is 2.79. The first kappa shape index (κ1) is 20.8. The number of benzene rings is 1. The third-order valence-corrected chi connectivity index (χ3v) is 5.44. The molecule has 0 bridgehead atoms. The maximum Gasteiger partial charge on any atom is 0.214 e. The van der Waals surface area contributed by atoms with Crippen LogP contribution in [0.2, 0.25) is 0 Å². The first-order valence-corrected chi connectivity index (χ1v) is 10.7. The molecule has 1 aromatic heterocycles. The molecule has 3 heterocycles. The number of ether oxygens (including phenoxy) is 4. The molecular formula is C24H30N2O4. The van der Waals surface area contributed by atoms with Gasteiger partial charge >= 0.3 is 0 Å². The molecule has 160 valence electrons. The highest BCUT2D eigenvalue weighted by Crippen LogP contribution is 2.31.